The van der Waals surface area contributed by atoms with E-state index in [9.17, 15) is 8.42 Å². The zero-order valence-electron chi connectivity index (χ0n) is 12.7. The first kappa shape index (κ1) is 20.1. The predicted molar refractivity (Wildman–Crippen MR) is 84.8 cm³/mol. The molecule has 122 valence electrons. The number of methoxy groups -OCH3 is 1. The van der Waals surface area contributed by atoms with Crippen LogP contribution >= 0.6 is 12.8 Å². The Kier molecular flexibility index (Phi) is 10.9. The van der Waals surface area contributed by atoms with Gasteiger partial charge in [-0.3, -0.25) is 13.8 Å². The van der Waals surface area contributed by atoms with Crippen molar-refractivity contribution < 1.29 is 17.7 Å². The van der Waals surface area contributed by atoms with E-state index in [1.807, 2.05) is 18.2 Å². The topological polar surface area (TPSA) is 70.1 Å². The van der Waals surface area contributed by atoms with E-state index in [4.69, 9.17) is 9.29 Å². The molecule has 0 amide bonds. The molecule has 0 radical (unpaired) electrons. The Morgan fingerprint density at radius 1 is 1.30 bits per heavy atom. The lowest BCUT2D eigenvalue weighted by molar-refractivity contribution is 0.101. The molecule has 1 aliphatic heterocycles. The first-order chi connectivity index (χ1) is 9.42. The molecule has 0 aliphatic carbocycles. The molecule has 0 aromatic carbocycles. The fourth-order valence-electron chi connectivity index (χ4n) is 2.14. The maximum Gasteiger partial charge on any atom is 0.266 e. The van der Waals surface area contributed by atoms with E-state index in [1.165, 1.54) is 0 Å². The van der Waals surface area contributed by atoms with Gasteiger partial charge < -0.3 is 4.74 Å². The van der Waals surface area contributed by atoms with Crippen LogP contribution < -0.4 is 0 Å². The second-order valence-electron chi connectivity index (χ2n) is 4.50. The van der Waals surface area contributed by atoms with E-state index in [1.54, 1.807) is 7.11 Å². The van der Waals surface area contributed by atoms with Crippen molar-refractivity contribution in [2.24, 2.45) is 0 Å². The van der Waals surface area contributed by atoms with Gasteiger partial charge in [-0.05, 0) is 12.8 Å². The van der Waals surface area contributed by atoms with Gasteiger partial charge in [0.15, 0.2) is 0 Å². The van der Waals surface area contributed by atoms with E-state index in [0.29, 0.717) is 25.7 Å². The molecule has 20 heavy (non-hydrogen) atoms. The third-order valence-electron chi connectivity index (χ3n) is 3.18. The van der Waals surface area contributed by atoms with Gasteiger partial charge in [-0.15, -0.1) is 0 Å². The van der Waals surface area contributed by atoms with Crippen molar-refractivity contribution in [2.45, 2.75) is 32.7 Å². The molecule has 1 heterocycles. The molecule has 1 aliphatic rings. The molecular weight excluding hydrogens is 300 g/mol. The van der Waals surface area contributed by atoms with Crippen molar-refractivity contribution in [3.63, 3.8) is 0 Å². The SMILES string of the molecule is CC.COCCN(CCS(=O)(=O)O)C1CCN(S)CC1. The van der Waals surface area contributed by atoms with Gasteiger partial charge in [-0.25, -0.2) is 0 Å². The van der Waals surface area contributed by atoms with Gasteiger partial charge in [0, 0.05) is 39.3 Å². The molecule has 0 atom stereocenters. The van der Waals surface area contributed by atoms with Gasteiger partial charge in [0.2, 0.25) is 0 Å². The summed E-state index contributed by atoms with van der Waals surface area (Å²) < 4.78 is 37.5. The molecule has 6 nitrogen and oxygen atoms in total. The van der Waals surface area contributed by atoms with E-state index >= 15 is 0 Å². The maximum atomic E-state index is 10.8. The largest absolute Gasteiger partial charge is 0.383 e. The number of hydrogen-bond acceptors (Lipinski definition) is 6. The van der Waals surface area contributed by atoms with Gasteiger partial charge >= 0.3 is 0 Å². The molecule has 1 rings (SSSR count). The van der Waals surface area contributed by atoms with Gasteiger partial charge in [-0.1, -0.05) is 26.7 Å². The maximum absolute atomic E-state index is 10.8. The Morgan fingerprint density at radius 3 is 2.30 bits per heavy atom. The number of piperidine rings is 1. The zero-order chi connectivity index (χ0) is 15.6. The Bertz CT molecular complexity index is 330. The van der Waals surface area contributed by atoms with Crippen LogP contribution in [0.4, 0.5) is 0 Å². The quantitative estimate of drug-likeness (QED) is 0.540. The van der Waals surface area contributed by atoms with Crippen LogP contribution in [0.5, 0.6) is 0 Å². The molecule has 8 heteroatoms. The standard InChI is InChI=1S/C10H22N2O4S2.C2H6/c1-16-8-6-11(7-9-18(13,14)15)10-2-4-12(17)5-3-10;1-2/h10,17H,2-9H2,1H3,(H,13,14,15);1-2H3. The van der Waals surface area contributed by atoms with E-state index in [0.717, 1.165) is 25.9 Å². The van der Waals surface area contributed by atoms with Crippen molar-refractivity contribution in [1.29, 1.82) is 0 Å². The Hall–Kier alpha value is 0.140. The third kappa shape index (κ3) is 9.15. The van der Waals surface area contributed by atoms with Gasteiger partial charge in [0.25, 0.3) is 10.1 Å². The average Bonchev–Trinajstić information content (AvgIpc) is 2.41. The van der Waals surface area contributed by atoms with Crippen LogP contribution in [0.25, 0.3) is 0 Å². The van der Waals surface area contributed by atoms with Crippen LogP contribution in [0.2, 0.25) is 0 Å². The fourth-order valence-corrected chi connectivity index (χ4v) is 2.83. The minimum atomic E-state index is -3.90. The summed E-state index contributed by atoms with van der Waals surface area (Å²) in [6, 6.07) is 0.338. The third-order valence-corrected chi connectivity index (χ3v) is 4.27. The highest BCUT2D eigenvalue weighted by molar-refractivity contribution is 7.85. The molecule has 0 spiro atoms. The van der Waals surface area contributed by atoms with Crippen molar-refractivity contribution in [1.82, 2.24) is 9.21 Å². The van der Waals surface area contributed by atoms with Crippen LogP contribution in [-0.4, -0.2) is 73.9 Å². The zero-order valence-corrected chi connectivity index (χ0v) is 14.4. The summed E-state index contributed by atoms with van der Waals surface area (Å²) in [5.74, 6) is -0.224. The Morgan fingerprint density at radius 2 is 1.85 bits per heavy atom. The minimum absolute atomic E-state index is 0.224. The number of nitrogens with zero attached hydrogens (tertiary/aromatic N) is 2. The molecule has 1 N–H and O–H groups in total. The van der Waals surface area contributed by atoms with Gasteiger partial charge in [0.1, 0.15) is 0 Å². The van der Waals surface area contributed by atoms with Crippen LogP contribution in [0.1, 0.15) is 26.7 Å². The number of rotatable bonds is 7. The summed E-state index contributed by atoms with van der Waals surface area (Å²) in [4.78, 5) is 2.08. The summed E-state index contributed by atoms with van der Waals surface area (Å²) in [6.45, 7) is 7.38. The van der Waals surface area contributed by atoms with Crippen LogP contribution in [0, 0.1) is 0 Å². The lowest BCUT2D eigenvalue weighted by Gasteiger charge is -2.36. The fraction of sp³-hybridized carbons (Fsp3) is 1.00. The van der Waals surface area contributed by atoms with Crippen molar-refractivity contribution in [3.05, 3.63) is 0 Å². The molecule has 0 unspecified atom stereocenters. The molecule has 1 fully saturated rings. The number of thiol groups is 1. The summed E-state index contributed by atoms with van der Waals surface area (Å²) in [5.41, 5.74) is 0. The van der Waals surface area contributed by atoms with Gasteiger partial charge in [-0.2, -0.15) is 8.42 Å². The smallest absolute Gasteiger partial charge is 0.266 e. The lowest BCUT2D eigenvalue weighted by Crippen LogP contribution is -2.45. The molecule has 0 saturated carbocycles. The molecular formula is C12H28N2O4S2. The van der Waals surface area contributed by atoms with Crippen LogP contribution in [-0.2, 0) is 14.9 Å². The summed E-state index contributed by atoms with van der Waals surface area (Å²) in [5, 5.41) is 0. The second-order valence-corrected chi connectivity index (χ2v) is 6.64. The van der Waals surface area contributed by atoms with Crippen LogP contribution in [0.15, 0.2) is 0 Å². The summed E-state index contributed by atoms with van der Waals surface area (Å²) in [7, 11) is -2.28. The summed E-state index contributed by atoms with van der Waals surface area (Å²) in [6.07, 6.45) is 1.91. The minimum Gasteiger partial charge on any atom is -0.383 e. The van der Waals surface area contributed by atoms with Crippen molar-refractivity contribution in [2.75, 3.05) is 45.6 Å². The molecule has 0 bridgehead atoms. The first-order valence-corrected chi connectivity index (χ1v) is 9.05. The number of ether oxygens (including phenoxy) is 1. The molecule has 1 saturated heterocycles. The van der Waals surface area contributed by atoms with E-state index < -0.39 is 10.1 Å². The summed E-state index contributed by atoms with van der Waals surface area (Å²) >= 11 is 4.29. The van der Waals surface area contributed by atoms with Crippen molar-refractivity contribution >= 4 is 22.9 Å². The highest BCUT2D eigenvalue weighted by atomic mass is 32.2. The average molecular weight is 329 g/mol. The van der Waals surface area contributed by atoms with E-state index in [2.05, 4.69) is 17.7 Å². The van der Waals surface area contributed by atoms with Gasteiger partial charge in [0.05, 0.1) is 12.4 Å². The molecule has 0 aromatic heterocycles. The monoisotopic (exact) mass is 328 g/mol. The molecule has 0 aromatic rings. The first-order valence-electron chi connectivity index (χ1n) is 7.04. The Labute approximate surface area is 128 Å². The highest BCUT2D eigenvalue weighted by Crippen LogP contribution is 2.17. The van der Waals surface area contributed by atoms with Crippen LogP contribution in [0.3, 0.4) is 0 Å². The lowest BCUT2D eigenvalue weighted by atomic mass is 10.0. The van der Waals surface area contributed by atoms with Crippen molar-refractivity contribution in [3.8, 4) is 0 Å². The normalized spacial score (nSPS) is 17.9. The number of hydrogen-bond donors (Lipinski definition) is 2. The highest BCUT2D eigenvalue weighted by Gasteiger charge is 2.24. The Balaban J connectivity index is 0.00000172. The second kappa shape index (κ2) is 10.8. The van der Waals surface area contributed by atoms with E-state index in [-0.39, 0.29) is 5.75 Å². The predicted octanol–water partition coefficient (Wildman–Crippen LogP) is 1.16.